The summed E-state index contributed by atoms with van der Waals surface area (Å²) in [5.41, 5.74) is 3.62. The van der Waals surface area contributed by atoms with Crippen molar-refractivity contribution in [3.8, 4) is 22.7 Å². The molecule has 7 heteroatoms. The highest BCUT2D eigenvalue weighted by Crippen LogP contribution is 2.36. The lowest BCUT2D eigenvalue weighted by Crippen LogP contribution is -2.33. The van der Waals surface area contributed by atoms with E-state index in [4.69, 9.17) is 22.1 Å². The molecule has 0 aliphatic carbocycles. The lowest BCUT2D eigenvalue weighted by atomic mass is 9.99. The van der Waals surface area contributed by atoms with Gasteiger partial charge >= 0.3 is 0 Å². The quantitative estimate of drug-likeness (QED) is 0.123. The molecule has 1 aromatic heterocycles. The summed E-state index contributed by atoms with van der Waals surface area (Å²) in [6, 6.07) is 18.0. The Kier molecular flexibility index (Phi) is 10.2. The van der Waals surface area contributed by atoms with Crippen LogP contribution in [0.15, 0.2) is 65.7 Å². The lowest BCUT2D eigenvalue weighted by Gasteiger charge is -2.21. The number of aromatic nitrogens is 2. The topological polar surface area (TPSA) is 47.4 Å². The molecule has 1 atom stereocenters. The molecule has 3 aromatic rings. The minimum absolute atomic E-state index is 0.00645. The number of carbonyl (C=O) groups excluding carboxylic acids is 1. The first kappa shape index (κ1) is 28.1. The molecule has 0 saturated carbocycles. The highest BCUT2D eigenvalue weighted by molar-refractivity contribution is 8.26. The first-order chi connectivity index (χ1) is 18.5. The Balaban J connectivity index is 1.63. The van der Waals surface area contributed by atoms with Crippen LogP contribution in [0.3, 0.4) is 0 Å². The molecular weight excluding hydrogens is 510 g/mol. The van der Waals surface area contributed by atoms with Crippen molar-refractivity contribution in [1.82, 2.24) is 14.7 Å². The van der Waals surface area contributed by atoms with E-state index in [1.165, 1.54) is 18.2 Å². The van der Waals surface area contributed by atoms with Crippen LogP contribution < -0.4 is 4.74 Å². The van der Waals surface area contributed by atoms with Crippen LogP contribution in [0.2, 0.25) is 0 Å². The molecule has 0 N–H and O–H groups in total. The fourth-order valence-corrected chi connectivity index (χ4v) is 5.71. The van der Waals surface area contributed by atoms with E-state index in [9.17, 15) is 4.79 Å². The second-order valence-electron chi connectivity index (χ2n) is 9.65. The summed E-state index contributed by atoms with van der Waals surface area (Å²) in [5.74, 6) is 1.31. The highest BCUT2D eigenvalue weighted by Gasteiger charge is 2.33. The van der Waals surface area contributed by atoms with Gasteiger partial charge in [0, 0.05) is 23.9 Å². The molecule has 38 heavy (non-hydrogen) atoms. The van der Waals surface area contributed by atoms with Gasteiger partial charge in [-0.1, -0.05) is 88.6 Å². The van der Waals surface area contributed by atoms with Crippen LogP contribution in [-0.2, 0) is 4.79 Å². The van der Waals surface area contributed by atoms with E-state index in [1.807, 2.05) is 71.6 Å². The maximum Gasteiger partial charge on any atom is 0.266 e. The van der Waals surface area contributed by atoms with Gasteiger partial charge in [-0.3, -0.25) is 9.69 Å². The van der Waals surface area contributed by atoms with Crippen LogP contribution >= 0.6 is 24.0 Å². The van der Waals surface area contributed by atoms with E-state index >= 15 is 0 Å². The normalized spacial score (nSPS) is 15.4. The minimum atomic E-state index is -0.00645. The number of thiocarbonyl (C=S) groups is 1. The first-order valence-electron chi connectivity index (χ1n) is 13.7. The molecule has 1 aliphatic heterocycles. The third kappa shape index (κ3) is 6.94. The number of nitrogens with zero attached hydrogens (tertiary/aromatic N) is 3. The molecule has 5 nitrogen and oxygen atoms in total. The number of benzene rings is 2. The van der Waals surface area contributed by atoms with Gasteiger partial charge in [0.25, 0.3) is 5.91 Å². The molecule has 1 fully saturated rings. The Labute approximate surface area is 236 Å². The number of unbranched alkanes of at least 4 members (excludes halogenated alkanes) is 2. The van der Waals surface area contributed by atoms with Crippen LogP contribution in [0.5, 0.6) is 5.75 Å². The van der Waals surface area contributed by atoms with Crippen molar-refractivity contribution in [2.75, 3.05) is 13.2 Å². The molecule has 1 amide bonds. The van der Waals surface area contributed by atoms with E-state index in [0.717, 1.165) is 60.4 Å². The summed E-state index contributed by atoms with van der Waals surface area (Å²) >= 11 is 7.04. The predicted octanol–water partition coefficient (Wildman–Crippen LogP) is 8.14. The van der Waals surface area contributed by atoms with Crippen molar-refractivity contribution < 1.29 is 9.53 Å². The Morgan fingerprint density at radius 3 is 2.45 bits per heavy atom. The molecule has 4 rings (SSSR count). The fraction of sp³-hybridized carbons (Fsp3) is 0.387. The van der Waals surface area contributed by atoms with E-state index in [-0.39, 0.29) is 5.91 Å². The maximum atomic E-state index is 13.4. The van der Waals surface area contributed by atoms with Gasteiger partial charge < -0.3 is 4.74 Å². The number of hydrogen-bond acceptors (Lipinski definition) is 5. The van der Waals surface area contributed by atoms with Crippen molar-refractivity contribution in [1.29, 1.82) is 0 Å². The van der Waals surface area contributed by atoms with Gasteiger partial charge in [-0.25, -0.2) is 4.68 Å². The van der Waals surface area contributed by atoms with Crippen LogP contribution in [0.4, 0.5) is 0 Å². The summed E-state index contributed by atoms with van der Waals surface area (Å²) in [6.07, 6.45) is 10.6. The summed E-state index contributed by atoms with van der Waals surface area (Å²) in [7, 11) is 0. The Hall–Kier alpha value is -2.90. The Morgan fingerprint density at radius 1 is 1.03 bits per heavy atom. The molecule has 200 valence electrons. The average Bonchev–Trinajstić information content (AvgIpc) is 3.48. The van der Waals surface area contributed by atoms with Gasteiger partial charge in [0.1, 0.15) is 10.1 Å². The largest absolute Gasteiger partial charge is 0.494 e. The molecule has 2 aromatic carbocycles. The second kappa shape index (κ2) is 13.8. The van der Waals surface area contributed by atoms with Crippen molar-refractivity contribution in [3.63, 3.8) is 0 Å². The molecule has 1 saturated heterocycles. The fourth-order valence-electron chi connectivity index (χ4n) is 4.45. The summed E-state index contributed by atoms with van der Waals surface area (Å²) < 4.78 is 8.35. The van der Waals surface area contributed by atoms with Gasteiger partial charge in [-0.15, -0.1) is 0 Å². The number of para-hydroxylation sites is 1. The lowest BCUT2D eigenvalue weighted by molar-refractivity contribution is -0.122. The van der Waals surface area contributed by atoms with Gasteiger partial charge in [-0.05, 0) is 61.2 Å². The van der Waals surface area contributed by atoms with Crippen LogP contribution in [0, 0.1) is 5.92 Å². The maximum absolute atomic E-state index is 13.4. The van der Waals surface area contributed by atoms with E-state index < -0.39 is 0 Å². The summed E-state index contributed by atoms with van der Waals surface area (Å²) in [5, 5.41) is 4.92. The van der Waals surface area contributed by atoms with Crippen molar-refractivity contribution in [2.24, 2.45) is 5.92 Å². The number of hydrogen-bond donors (Lipinski definition) is 0. The third-order valence-corrected chi connectivity index (χ3v) is 8.18. The van der Waals surface area contributed by atoms with Crippen molar-refractivity contribution in [2.45, 2.75) is 59.3 Å². The predicted molar refractivity (Wildman–Crippen MR) is 163 cm³/mol. The molecule has 2 heterocycles. The first-order valence-corrected chi connectivity index (χ1v) is 14.9. The summed E-state index contributed by atoms with van der Waals surface area (Å²) in [4.78, 5) is 15.9. The average molecular weight is 548 g/mol. The molecule has 0 spiro atoms. The van der Waals surface area contributed by atoms with Crippen molar-refractivity contribution in [3.05, 3.63) is 71.3 Å². The van der Waals surface area contributed by atoms with Crippen LogP contribution in [0.1, 0.15) is 64.9 Å². The smallest absolute Gasteiger partial charge is 0.266 e. The summed E-state index contributed by atoms with van der Waals surface area (Å²) in [6.45, 7) is 7.95. The molecular formula is C31H37N3O2S2. The zero-order valence-electron chi connectivity index (χ0n) is 22.6. The number of ether oxygens (including phenoxy) is 1. The molecule has 0 radical (unpaired) electrons. The van der Waals surface area contributed by atoms with Crippen LogP contribution in [0.25, 0.3) is 23.0 Å². The number of amides is 1. The Morgan fingerprint density at radius 2 is 1.76 bits per heavy atom. The third-order valence-electron chi connectivity index (χ3n) is 6.80. The number of thioether (sulfide) groups is 1. The van der Waals surface area contributed by atoms with Crippen molar-refractivity contribution >= 4 is 40.3 Å². The zero-order chi connectivity index (χ0) is 26.9. The van der Waals surface area contributed by atoms with E-state index in [0.29, 0.717) is 28.3 Å². The van der Waals surface area contributed by atoms with E-state index in [2.05, 4.69) is 20.8 Å². The highest BCUT2D eigenvalue weighted by atomic mass is 32.2. The zero-order valence-corrected chi connectivity index (χ0v) is 24.2. The SMILES string of the molecule is CCCCOc1ccc(-c2nn(-c3ccccc3)cc2/C=C2\SC(=S)N(C[C@@H](CC)CCCC)C2=O)cc1. The van der Waals surface area contributed by atoms with Gasteiger partial charge in [0.05, 0.1) is 22.9 Å². The van der Waals surface area contributed by atoms with Crippen LogP contribution in [-0.4, -0.2) is 38.1 Å². The standard InChI is InChI=1S/C31H37N3O2S2/c1-4-7-12-23(6-3)21-33-30(35)28(38-31(33)37)20-25-22-34(26-13-10-9-11-14-26)32-29(25)24-15-17-27(18-16-24)36-19-8-5-2/h9-11,13-18,20,22-23H,4-8,12,19,21H2,1-3H3/b28-20-/t23-/m0/s1. The Bertz CT molecular complexity index is 1250. The molecule has 0 unspecified atom stereocenters. The van der Waals surface area contributed by atoms with Gasteiger partial charge in [0.2, 0.25) is 0 Å². The molecule has 0 bridgehead atoms. The van der Waals surface area contributed by atoms with Gasteiger partial charge in [0.15, 0.2) is 0 Å². The van der Waals surface area contributed by atoms with Gasteiger partial charge in [-0.2, -0.15) is 5.10 Å². The van der Waals surface area contributed by atoms with E-state index in [1.54, 1.807) is 4.90 Å². The minimum Gasteiger partial charge on any atom is -0.494 e. The second-order valence-corrected chi connectivity index (χ2v) is 11.3. The number of carbonyl (C=O) groups is 1. The monoisotopic (exact) mass is 547 g/mol. The number of rotatable bonds is 13. The molecule has 1 aliphatic rings.